The second kappa shape index (κ2) is 5.46. The molecule has 1 aromatic rings. The summed E-state index contributed by atoms with van der Waals surface area (Å²) in [6.07, 6.45) is 0. The Morgan fingerprint density at radius 3 is 2.69 bits per heavy atom. The molecule has 0 aliphatic carbocycles. The first-order chi connectivity index (χ1) is 7.45. The standard InChI is InChI=1S/C12H17BrN2O/c1-12(2,8-14-3)11(16)15-10-6-4-5-9(13)7-10/h4-7,14H,8H2,1-3H3,(H,15,16). The predicted octanol–water partition coefficient (Wildman–Crippen LogP) is 2.63. The summed E-state index contributed by atoms with van der Waals surface area (Å²) in [6.45, 7) is 4.47. The summed E-state index contributed by atoms with van der Waals surface area (Å²) in [6, 6.07) is 7.57. The highest BCUT2D eigenvalue weighted by molar-refractivity contribution is 9.10. The maximum Gasteiger partial charge on any atom is 0.231 e. The van der Waals surface area contributed by atoms with Crippen LogP contribution < -0.4 is 10.6 Å². The third-order valence-corrected chi connectivity index (χ3v) is 2.81. The van der Waals surface area contributed by atoms with Crippen LogP contribution in [0.3, 0.4) is 0 Å². The molecule has 1 rings (SSSR count). The van der Waals surface area contributed by atoms with Gasteiger partial charge >= 0.3 is 0 Å². The summed E-state index contributed by atoms with van der Waals surface area (Å²) >= 11 is 3.37. The highest BCUT2D eigenvalue weighted by Crippen LogP contribution is 2.20. The Kier molecular flexibility index (Phi) is 4.50. The number of amides is 1. The van der Waals surface area contributed by atoms with E-state index in [1.54, 1.807) is 0 Å². The third-order valence-electron chi connectivity index (χ3n) is 2.32. The molecule has 0 spiro atoms. The largest absolute Gasteiger partial charge is 0.326 e. The van der Waals surface area contributed by atoms with Crippen molar-refractivity contribution in [2.45, 2.75) is 13.8 Å². The second-order valence-electron chi connectivity index (χ2n) is 4.38. The number of hydrogen-bond acceptors (Lipinski definition) is 2. The number of carbonyl (C=O) groups excluding carboxylic acids is 1. The van der Waals surface area contributed by atoms with E-state index in [9.17, 15) is 4.79 Å². The Bertz CT molecular complexity index is 377. The van der Waals surface area contributed by atoms with Crippen LogP contribution in [0, 0.1) is 5.41 Å². The minimum atomic E-state index is -0.420. The first-order valence-corrected chi connectivity index (χ1v) is 5.96. The quantitative estimate of drug-likeness (QED) is 0.893. The minimum Gasteiger partial charge on any atom is -0.326 e. The van der Waals surface area contributed by atoms with Crippen molar-refractivity contribution in [2.75, 3.05) is 18.9 Å². The molecule has 0 aliphatic rings. The van der Waals surface area contributed by atoms with Crippen molar-refractivity contribution < 1.29 is 4.79 Å². The molecule has 4 heteroatoms. The maximum atomic E-state index is 12.0. The Morgan fingerprint density at radius 2 is 2.12 bits per heavy atom. The molecule has 0 aromatic heterocycles. The van der Waals surface area contributed by atoms with Gasteiger partial charge in [0, 0.05) is 16.7 Å². The number of nitrogens with one attached hydrogen (secondary N) is 2. The van der Waals surface area contributed by atoms with Crippen LogP contribution in [0.15, 0.2) is 28.7 Å². The van der Waals surface area contributed by atoms with Gasteiger partial charge in [0.05, 0.1) is 5.41 Å². The van der Waals surface area contributed by atoms with Crippen LogP contribution in [-0.2, 0) is 4.79 Å². The topological polar surface area (TPSA) is 41.1 Å². The number of hydrogen-bond donors (Lipinski definition) is 2. The molecule has 0 heterocycles. The van der Waals surface area contributed by atoms with Crippen molar-refractivity contribution in [3.05, 3.63) is 28.7 Å². The van der Waals surface area contributed by atoms with Crippen molar-refractivity contribution in [3.63, 3.8) is 0 Å². The molecule has 0 saturated heterocycles. The minimum absolute atomic E-state index is 0.0138. The number of rotatable bonds is 4. The van der Waals surface area contributed by atoms with Gasteiger partial charge in [0.15, 0.2) is 0 Å². The summed E-state index contributed by atoms with van der Waals surface area (Å²) in [5.74, 6) is 0.0138. The smallest absolute Gasteiger partial charge is 0.231 e. The third kappa shape index (κ3) is 3.61. The summed E-state index contributed by atoms with van der Waals surface area (Å²) in [5, 5.41) is 5.91. The number of anilines is 1. The molecular weight excluding hydrogens is 268 g/mol. The van der Waals surface area contributed by atoms with Crippen LogP contribution in [0.5, 0.6) is 0 Å². The lowest BCUT2D eigenvalue weighted by Crippen LogP contribution is -2.38. The number of benzene rings is 1. The highest BCUT2D eigenvalue weighted by Gasteiger charge is 2.26. The average Bonchev–Trinajstić information content (AvgIpc) is 2.17. The van der Waals surface area contributed by atoms with Gasteiger partial charge in [-0.1, -0.05) is 22.0 Å². The van der Waals surface area contributed by atoms with Gasteiger partial charge in [-0.25, -0.2) is 0 Å². The Labute approximate surface area is 105 Å². The number of carbonyl (C=O) groups is 1. The van der Waals surface area contributed by atoms with Gasteiger partial charge in [0.25, 0.3) is 0 Å². The fourth-order valence-electron chi connectivity index (χ4n) is 1.39. The van der Waals surface area contributed by atoms with E-state index in [0.717, 1.165) is 10.2 Å². The fourth-order valence-corrected chi connectivity index (χ4v) is 1.79. The van der Waals surface area contributed by atoms with Gasteiger partial charge in [-0.2, -0.15) is 0 Å². The van der Waals surface area contributed by atoms with E-state index >= 15 is 0 Å². The zero-order chi connectivity index (χ0) is 12.2. The normalized spacial score (nSPS) is 11.2. The molecule has 1 amide bonds. The van der Waals surface area contributed by atoms with Crippen molar-refractivity contribution in [1.82, 2.24) is 5.32 Å². The molecule has 3 nitrogen and oxygen atoms in total. The van der Waals surface area contributed by atoms with Crippen LogP contribution in [0.1, 0.15) is 13.8 Å². The van der Waals surface area contributed by atoms with Crippen molar-refractivity contribution in [1.29, 1.82) is 0 Å². The van der Waals surface area contributed by atoms with E-state index in [1.165, 1.54) is 0 Å². The Morgan fingerprint density at radius 1 is 1.44 bits per heavy atom. The van der Waals surface area contributed by atoms with E-state index in [1.807, 2.05) is 45.2 Å². The predicted molar refractivity (Wildman–Crippen MR) is 70.5 cm³/mol. The van der Waals surface area contributed by atoms with Crippen molar-refractivity contribution >= 4 is 27.5 Å². The maximum absolute atomic E-state index is 12.0. The second-order valence-corrected chi connectivity index (χ2v) is 5.29. The first kappa shape index (κ1) is 13.2. The summed E-state index contributed by atoms with van der Waals surface area (Å²) in [5.41, 5.74) is 0.389. The van der Waals surface area contributed by atoms with E-state index in [4.69, 9.17) is 0 Å². The fraction of sp³-hybridized carbons (Fsp3) is 0.417. The highest BCUT2D eigenvalue weighted by atomic mass is 79.9. The lowest BCUT2D eigenvalue weighted by molar-refractivity contribution is -0.123. The van der Waals surface area contributed by atoms with Gasteiger partial charge < -0.3 is 10.6 Å². The Hall–Kier alpha value is -0.870. The van der Waals surface area contributed by atoms with E-state index < -0.39 is 5.41 Å². The van der Waals surface area contributed by atoms with E-state index in [0.29, 0.717) is 6.54 Å². The molecule has 0 radical (unpaired) electrons. The van der Waals surface area contributed by atoms with Crippen LogP contribution in [0.4, 0.5) is 5.69 Å². The van der Waals surface area contributed by atoms with Crippen LogP contribution in [-0.4, -0.2) is 19.5 Å². The molecule has 0 bridgehead atoms. The lowest BCUT2D eigenvalue weighted by atomic mass is 9.92. The number of halogens is 1. The zero-order valence-corrected chi connectivity index (χ0v) is 11.4. The molecule has 0 atom stereocenters. The molecule has 0 aliphatic heterocycles. The molecule has 88 valence electrons. The molecule has 0 fully saturated rings. The van der Waals surface area contributed by atoms with E-state index in [2.05, 4.69) is 26.6 Å². The molecule has 0 unspecified atom stereocenters. The van der Waals surface area contributed by atoms with Crippen LogP contribution in [0.25, 0.3) is 0 Å². The first-order valence-electron chi connectivity index (χ1n) is 5.17. The van der Waals surface area contributed by atoms with Gasteiger partial charge in [-0.3, -0.25) is 4.79 Å². The average molecular weight is 285 g/mol. The summed E-state index contributed by atoms with van der Waals surface area (Å²) < 4.78 is 0.955. The molecular formula is C12H17BrN2O. The molecule has 0 saturated carbocycles. The van der Waals surface area contributed by atoms with Gasteiger partial charge in [0.1, 0.15) is 0 Å². The van der Waals surface area contributed by atoms with Crippen molar-refractivity contribution in [3.8, 4) is 0 Å². The molecule has 2 N–H and O–H groups in total. The molecule has 1 aromatic carbocycles. The van der Waals surface area contributed by atoms with Gasteiger partial charge in [-0.15, -0.1) is 0 Å². The van der Waals surface area contributed by atoms with E-state index in [-0.39, 0.29) is 5.91 Å². The zero-order valence-electron chi connectivity index (χ0n) is 9.80. The van der Waals surface area contributed by atoms with Crippen molar-refractivity contribution in [2.24, 2.45) is 5.41 Å². The van der Waals surface area contributed by atoms with Crippen LogP contribution >= 0.6 is 15.9 Å². The summed E-state index contributed by atoms with van der Waals surface area (Å²) in [4.78, 5) is 12.0. The monoisotopic (exact) mass is 284 g/mol. The van der Waals surface area contributed by atoms with Gasteiger partial charge in [0.2, 0.25) is 5.91 Å². The van der Waals surface area contributed by atoms with Crippen LogP contribution in [0.2, 0.25) is 0 Å². The SMILES string of the molecule is CNCC(C)(C)C(=O)Nc1cccc(Br)c1. The van der Waals surface area contributed by atoms with Gasteiger partial charge in [-0.05, 0) is 39.1 Å². The summed E-state index contributed by atoms with van der Waals surface area (Å²) in [7, 11) is 1.84. The Balaban J connectivity index is 2.71. The lowest BCUT2D eigenvalue weighted by Gasteiger charge is -2.23. The molecule has 16 heavy (non-hydrogen) atoms.